The van der Waals surface area contributed by atoms with Crippen LogP contribution in [0.15, 0.2) is 36.4 Å². The first-order valence-corrected chi connectivity index (χ1v) is 11.2. The normalized spacial score (nSPS) is 22.3. The Morgan fingerprint density at radius 2 is 1.14 bits per heavy atom. The van der Waals surface area contributed by atoms with Gasteiger partial charge in [-0.25, -0.2) is 8.78 Å². The SMILES string of the molecule is CC.CC.CC.CC.Fc1cc2c(cc1F)C1(Cl)c3ccccc3CC1(Cl)C2. The van der Waals surface area contributed by atoms with E-state index in [0.717, 1.165) is 11.1 Å². The molecule has 0 N–H and O–H groups in total. The lowest BCUT2D eigenvalue weighted by molar-refractivity contribution is 0.505. The van der Waals surface area contributed by atoms with Gasteiger partial charge >= 0.3 is 0 Å². The molecule has 0 aromatic heterocycles. The van der Waals surface area contributed by atoms with E-state index in [1.54, 1.807) is 0 Å². The molecule has 158 valence electrons. The number of benzene rings is 2. The fraction of sp³-hybridized carbons (Fsp3) is 0.500. The van der Waals surface area contributed by atoms with Crippen molar-refractivity contribution in [3.63, 3.8) is 0 Å². The van der Waals surface area contributed by atoms with E-state index in [0.29, 0.717) is 24.0 Å². The smallest absolute Gasteiger partial charge is 0.159 e. The van der Waals surface area contributed by atoms with Crippen LogP contribution in [0.2, 0.25) is 0 Å². The molecule has 0 aliphatic heterocycles. The summed E-state index contributed by atoms with van der Waals surface area (Å²) in [5.74, 6) is -1.73. The number of hydrogen-bond donors (Lipinski definition) is 0. The monoisotopic (exact) mass is 430 g/mol. The second-order valence-corrected chi connectivity index (χ2v) is 6.85. The summed E-state index contributed by atoms with van der Waals surface area (Å²) in [5.41, 5.74) is 3.27. The first-order valence-electron chi connectivity index (χ1n) is 10.4. The molecule has 28 heavy (non-hydrogen) atoms. The van der Waals surface area contributed by atoms with E-state index in [2.05, 4.69) is 0 Å². The summed E-state index contributed by atoms with van der Waals surface area (Å²) in [4.78, 5) is -1.73. The molecule has 0 saturated carbocycles. The van der Waals surface area contributed by atoms with Crippen LogP contribution in [0.4, 0.5) is 8.78 Å². The summed E-state index contributed by atoms with van der Waals surface area (Å²) in [6.07, 6.45) is 1.05. The van der Waals surface area contributed by atoms with Crippen LogP contribution in [-0.2, 0) is 17.7 Å². The van der Waals surface area contributed by atoms with Crippen LogP contribution in [0, 0.1) is 11.6 Å². The standard InChI is InChI=1S/C16H10Cl2F2.4C2H6/c17-15-7-9-3-1-2-4-11(9)16(15,18)12-6-14(20)13(19)5-10(12)8-15;4*1-2/h1-6H,7-8H2;4*1-2H3. The lowest BCUT2D eigenvalue weighted by Crippen LogP contribution is -2.37. The molecule has 0 heterocycles. The molecule has 2 aliphatic rings. The fourth-order valence-corrected chi connectivity index (χ4v) is 4.59. The Balaban J connectivity index is 0.000000818. The molecule has 2 aliphatic carbocycles. The lowest BCUT2D eigenvalue weighted by atomic mass is 9.90. The maximum absolute atomic E-state index is 13.6. The zero-order valence-electron chi connectivity index (χ0n) is 18.4. The van der Waals surface area contributed by atoms with Crippen molar-refractivity contribution in [2.24, 2.45) is 0 Å². The topological polar surface area (TPSA) is 0 Å². The van der Waals surface area contributed by atoms with Crippen molar-refractivity contribution in [2.45, 2.75) is 78.0 Å². The summed E-state index contributed by atoms with van der Waals surface area (Å²) in [7, 11) is 0. The van der Waals surface area contributed by atoms with Gasteiger partial charge in [-0.05, 0) is 47.2 Å². The molecule has 0 amide bonds. The molecular weight excluding hydrogens is 397 g/mol. The van der Waals surface area contributed by atoms with Crippen LogP contribution >= 0.6 is 23.2 Å². The van der Waals surface area contributed by atoms with Gasteiger partial charge in [0, 0.05) is 0 Å². The molecule has 2 atom stereocenters. The predicted octanol–water partition coefficient (Wildman–Crippen LogP) is 8.64. The van der Waals surface area contributed by atoms with Gasteiger partial charge in [0.15, 0.2) is 11.6 Å². The molecule has 4 heteroatoms. The summed E-state index contributed by atoms with van der Waals surface area (Å²) >= 11 is 13.6. The second-order valence-electron chi connectivity index (χ2n) is 5.56. The van der Waals surface area contributed by atoms with Crippen LogP contribution < -0.4 is 0 Å². The van der Waals surface area contributed by atoms with Gasteiger partial charge in [0.2, 0.25) is 0 Å². The highest BCUT2D eigenvalue weighted by molar-refractivity contribution is 6.38. The van der Waals surface area contributed by atoms with Gasteiger partial charge in [0.1, 0.15) is 4.87 Å². The van der Waals surface area contributed by atoms with E-state index in [-0.39, 0.29) is 0 Å². The molecule has 4 rings (SSSR count). The van der Waals surface area contributed by atoms with E-state index in [4.69, 9.17) is 23.2 Å². The highest BCUT2D eigenvalue weighted by Gasteiger charge is 2.61. The first kappa shape index (κ1) is 26.9. The average Bonchev–Trinajstić information content (AvgIpc) is 3.10. The van der Waals surface area contributed by atoms with Gasteiger partial charge in [-0.2, -0.15) is 0 Å². The van der Waals surface area contributed by atoms with Crippen molar-refractivity contribution in [1.82, 2.24) is 0 Å². The Kier molecular flexibility index (Phi) is 11.3. The third-order valence-corrected chi connectivity index (χ3v) is 5.88. The molecule has 0 radical (unpaired) electrons. The fourth-order valence-electron chi connectivity index (χ4n) is 3.60. The van der Waals surface area contributed by atoms with Gasteiger partial charge < -0.3 is 0 Å². The highest BCUT2D eigenvalue weighted by atomic mass is 35.5. The number of alkyl halides is 2. The Morgan fingerprint density at radius 3 is 1.71 bits per heavy atom. The summed E-state index contributed by atoms with van der Waals surface area (Å²) in [6.45, 7) is 16.0. The third kappa shape index (κ3) is 4.39. The van der Waals surface area contributed by atoms with Gasteiger partial charge in [0.05, 0.1) is 4.87 Å². The maximum Gasteiger partial charge on any atom is 0.159 e. The largest absolute Gasteiger partial charge is 0.204 e. The number of fused-ring (bicyclic) bond motifs is 5. The van der Waals surface area contributed by atoms with Crippen molar-refractivity contribution in [3.8, 4) is 0 Å². The van der Waals surface area contributed by atoms with Crippen LogP contribution in [0.1, 0.15) is 77.6 Å². The maximum atomic E-state index is 13.6. The Hall–Kier alpha value is -1.12. The van der Waals surface area contributed by atoms with Crippen molar-refractivity contribution >= 4 is 23.2 Å². The molecule has 2 aromatic carbocycles. The van der Waals surface area contributed by atoms with Crippen molar-refractivity contribution in [3.05, 3.63) is 70.3 Å². The van der Waals surface area contributed by atoms with Crippen LogP contribution in [0.3, 0.4) is 0 Å². The minimum absolute atomic E-state index is 0.444. The minimum Gasteiger partial charge on any atom is -0.204 e. The van der Waals surface area contributed by atoms with Crippen molar-refractivity contribution in [2.75, 3.05) is 0 Å². The second kappa shape index (κ2) is 11.8. The molecular formula is C24H34Cl2F2. The number of hydrogen-bond acceptors (Lipinski definition) is 0. The highest BCUT2D eigenvalue weighted by Crippen LogP contribution is 2.62. The van der Waals surface area contributed by atoms with E-state index < -0.39 is 21.4 Å². The van der Waals surface area contributed by atoms with E-state index in [9.17, 15) is 8.78 Å². The molecule has 2 unspecified atom stereocenters. The average molecular weight is 431 g/mol. The van der Waals surface area contributed by atoms with Crippen LogP contribution in [0.25, 0.3) is 0 Å². The minimum atomic E-state index is -0.977. The molecule has 2 aromatic rings. The van der Waals surface area contributed by atoms with Gasteiger partial charge in [-0.1, -0.05) is 79.7 Å². The summed E-state index contributed by atoms with van der Waals surface area (Å²) in [6, 6.07) is 10.2. The number of rotatable bonds is 0. The zero-order chi connectivity index (χ0) is 22.1. The van der Waals surface area contributed by atoms with Crippen molar-refractivity contribution < 1.29 is 8.78 Å². The summed E-state index contributed by atoms with van der Waals surface area (Å²) in [5, 5.41) is 0. The quantitative estimate of drug-likeness (QED) is 0.366. The number of halogens is 4. The molecule has 0 bridgehead atoms. The molecule has 0 saturated heterocycles. The van der Waals surface area contributed by atoms with Crippen molar-refractivity contribution in [1.29, 1.82) is 0 Å². The lowest BCUT2D eigenvalue weighted by Gasteiger charge is -2.31. The van der Waals surface area contributed by atoms with E-state index in [1.165, 1.54) is 12.1 Å². The molecule has 0 nitrogen and oxygen atoms in total. The van der Waals surface area contributed by atoms with E-state index >= 15 is 0 Å². The summed E-state index contributed by atoms with van der Waals surface area (Å²) < 4.78 is 27.1. The predicted molar refractivity (Wildman–Crippen MR) is 121 cm³/mol. The van der Waals surface area contributed by atoms with Gasteiger partial charge in [0.25, 0.3) is 0 Å². The molecule has 0 spiro atoms. The Labute approximate surface area is 180 Å². The third-order valence-electron chi connectivity index (χ3n) is 4.46. The Morgan fingerprint density at radius 1 is 0.679 bits per heavy atom. The van der Waals surface area contributed by atoms with Crippen LogP contribution in [-0.4, -0.2) is 4.87 Å². The van der Waals surface area contributed by atoms with Crippen LogP contribution in [0.5, 0.6) is 0 Å². The zero-order valence-corrected chi connectivity index (χ0v) is 19.9. The Bertz CT molecular complexity index is 745. The van der Waals surface area contributed by atoms with Gasteiger partial charge in [-0.3, -0.25) is 0 Å². The van der Waals surface area contributed by atoms with Gasteiger partial charge in [-0.15, -0.1) is 23.2 Å². The molecule has 0 fully saturated rings. The van der Waals surface area contributed by atoms with E-state index in [1.807, 2.05) is 79.7 Å². The first-order chi connectivity index (χ1) is 13.5.